The van der Waals surface area contributed by atoms with Gasteiger partial charge in [0.25, 0.3) is 5.91 Å². The number of hydrogen-bond donors (Lipinski definition) is 1. The second-order valence-electron chi connectivity index (χ2n) is 9.69. The van der Waals surface area contributed by atoms with E-state index in [1.165, 1.54) is 22.2 Å². The van der Waals surface area contributed by atoms with Crippen LogP contribution in [0, 0.1) is 5.82 Å². The number of nitrogens with zero attached hydrogens (tertiary/aromatic N) is 4. The van der Waals surface area contributed by atoms with Gasteiger partial charge in [-0.25, -0.2) is 4.39 Å². The van der Waals surface area contributed by atoms with Crippen molar-refractivity contribution in [2.45, 2.75) is 32.0 Å². The predicted molar refractivity (Wildman–Crippen MR) is 131 cm³/mol. The Morgan fingerprint density at radius 2 is 1.83 bits per heavy atom. The summed E-state index contributed by atoms with van der Waals surface area (Å²) in [5, 5.41) is 2.30. The molecular weight excluding hydrogens is 449 g/mol. The highest BCUT2D eigenvalue weighted by Gasteiger charge is 2.40. The molecule has 35 heavy (non-hydrogen) atoms. The summed E-state index contributed by atoms with van der Waals surface area (Å²) in [6.07, 6.45) is 0.485. The number of benzene rings is 2. The summed E-state index contributed by atoms with van der Waals surface area (Å²) in [4.78, 5) is 44.6. The molecule has 3 amide bonds. The molecule has 184 valence electrons. The Morgan fingerprint density at radius 1 is 1.06 bits per heavy atom. The standard InChI is InChI=1S/C26H30FN5O3/c1-29(2)19-5-3-4-17(12-19)15-30-8-10-31(11-9-30)23-13-18-16-32(26(35)20(18)14-21(23)27)22-6-7-24(33)28-25(22)34/h3-5,12-14,22H,6-11,15-16H2,1-2H3,(H,28,33,34). The number of rotatable bonds is 5. The monoisotopic (exact) mass is 479 g/mol. The molecule has 0 aromatic heterocycles. The topological polar surface area (TPSA) is 76.2 Å². The van der Waals surface area contributed by atoms with Gasteiger partial charge in [0.1, 0.15) is 11.9 Å². The Kier molecular flexibility index (Phi) is 6.19. The number of amides is 3. The number of carbonyl (C=O) groups excluding carboxylic acids is 3. The maximum absolute atomic E-state index is 15.1. The maximum Gasteiger partial charge on any atom is 0.255 e. The lowest BCUT2D eigenvalue weighted by atomic mass is 10.0. The Hall–Kier alpha value is -3.46. The van der Waals surface area contributed by atoms with Crippen molar-refractivity contribution in [3.05, 3.63) is 58.9 Å². The quantitative estimate of drug-likeness (QED) is 0.661. The van der Waals surface area contributed by atoms with Crippen LogP contribution in [0.4, 0.5) is 15.8 Å². The Bertz CT molecular complexity index is 1180. The first-order valence-corrected chi connectivity index (χ1v) is 12.0. The zero-order valence-corrected chi connectivity index (χ0v) is 20.1. The van der Waals surface area contributed by atoms with Gasteiger partial charge in [0.2, 0.25) is 11.8 Å². The molecule has 2 aromatic carbocycles. The van der Waals surface area contributed by atoms with Gasteiger partial charge < -0.3 is 14.7 Å². The molecule has 0 saturated carbocycles. The average molecular weight is 480 g/mol. The van der Waals surface area contributed by atoms with Crippen LogP contribution >= 0.6 is 0 Å². The summed E-state index contributed by atoms with van der Waals surface area (Å²) in [5.74, 6) is -1.57. The molecule has 5 rings (SSSR count). The van der Waals surface area contributed by atoms with Crippen molar-refractivity contribution in [1.29, 1.82) is 0 Å². The van der Waals surface area contributed by atoms with Crippen molar-refractivity contribution in [1.82, 2.24) is 15.1 Å². The number of piperidine rings is 1. The number of carbonyl (C=O) groups is 3. The molecule has 1 atom stereocenters. The fourth-order valence-electron chi connectivity index (χ4n) is 5.16. The van der Waals surface area contributed by atoms with E-state index in [1.54, 1.807) is 6.07 Å². The van der Waals surface area contributed by atoms with Gasteiger partial charge >= 0.3 is 0 Å². The zero-order valence-electron chi connectivity index (χ0n) is 20.1. The van der Waals surface area contributed by atoms with Gasteiger partial charge in [-0.05, 0) is 41.8 Å². The fourth-order valence-corrected chi connectivity index (χ4v) is 5.16. The highest BCUT2D eigenvalue weighted by atomic mass is 19.1. The van der Waals surface area contributed by atoms with E-state index in [4.69, 9.17) is 0 Å². The second-order valence-corrected chi connectivity index (χ2v) is 9.69. The molecule has 2 saturated heterocycles. The molecule has 1 unspecified atom stereocenters. The lowest BCUT2D eigenvalue weighted by Crippen LogP contribution is -2.52. The van der Waals surface area contributed by atoms with E-state index < -0.39 is 17.8 Å². The fraction of sp³-hybridized carbons (Fsp3) is 0.423. The molecule has 0 spiro atoms. The largest absolute Gasteiger partial charge is 0.378 e. The predicted octanol–water partition coefficient (Wildman–Crippen LogP) is 1.97. The van der Waals surface area contributed by atoms with Gasteiger partial charge in [0.05, 0.1) is 5.69 Å². The van der Waals surface area contributed by atoms with Gasteiger partial charge in [-0.15, -0.1) is 0 Å². The Balaban J connectivity index is 1.25. The second kappa shape index (κ2) is 9.30. The average Bonchev–Trinajstić information content (AvgIpc) is 3.14. The van der Waals surface area contributed by atoms with Crippen molar-refractivity contribution in [2.24, 2.45) is 0 Å². The number of nitrogens with one attached hydrogen (secondary N) is 1. The van der Waals surface area contributed by atoms with E-state index in [1.807, 2.05) is 19.0 Å². The van der Waals surface area contributed by atoms with E-state index in [9.17, 15) is 14.4 Å². The zero-order chi connectivity index (χ0) is 24.7. The van der Waals surface area contributed by atoms with Crippen LogP contribution in [0.5, 0.6) is 0 Å². The lowest BCUT2D eigenvalue weighted by molar-refractivity contribution is -0.136. The minimum absolute atomic E-state index is 0.194. The summed E-state index contributed by atoms with van der Waals surface area (Å²) in [7, 11) is 4.06. The molecule has 2 fully saturated rings. The van der Waals surface area contributed by atoms with Crippen molar-refractivity contribution in [2.75, 3.05) is 50.1 Å². The Morgan fingerprint density at radius 3 is 2.54 bits per heavy atom. The maximum atomic E-state index is 15.1. The highest BCUT2D eigenvalue weighted by Crippen LogP contribution is 2.33. The van der Waals surface area contributed by atoms with Crippen molar-refractivity contribution in [3.63, 3.8) is 0 Å². The van der Waals surface area contributed by atoms with Crippen LogP contribution in [0.2, 0.25) is 0 Å². The first-order valence-electron chi connectivity index (χ1n) is 12.0. The number of halogens is 1. The van der Waals surface area contributed by atoms with Crippen LogP contribution in [0.25, 0.3) is 0 Å². The number of hydrogen-bond acceptors (Lipinski definition) is 6. The molecule has 3 aliphatic rings. The van der Waals surface area contributed by atoms with Crippen LogP contribution in [-0.2, 0) is 22.7 Å². The molecule has 0 bridgehead atoms. The number of imide groups is 1. The minimum Gasteiger partial charge on any atom is -0.378 e. The van der Waals surface area contributed by atoms with E-state index in [0.717, 1.165) is 25.2 Å². The first-order chi connectivity index (χ1) is 16.8. The minimum atomic E-state index is -0.700. The van der Waals surface area contributed by atoms with E-state index >= 15 is 4.39 Å². The highest BCUT2D eigenvalue weighted by molar-refractivity contribution is 6.05. The molecule has 9 heteroatoms. The van der Waals surface area contributed by atoms with Gasteiger partial charge in [-0.2, -0.15) is 0 Å². The van der Waals surface area contributed by atoms with Crippen LogP contribution in [0.15, 0.2) is 36.4 Å². The third-order valence-electron chi connectivity index (χ3n) is 7.14. The third kappa shape index (κ3) is 4.60. The van der Waals surface area contributed by atoms with Crippen LogP contribution < -0.4 is 15.1 Å². The van der Waals surface area contributed by atoms with Crippen molar-refractivity contribution < 1.29 is 18.8 Å². The normalized spacial score (nSPS) is 20.8. The SMILES string of the molecule is CN(C)c1cccc(CN2CCN(c3cc4c(cc3F)C(=O)N(C3CCC(=O)NC3=O)C4)CC2)c1. The molecule has 1 N–H and O–H groups in total. The van der Waals surface area contributed by atoms with Gasteiger partial charge in [-0.3, -0.25) is 24.6 Å². The Labute approximate surface area is 204 Å². The smallest absolute Gasteiger partial charge is 0.255 e. The molecule has 0 aliphatic carbocycles. The molecule has 0 radical (unpaired) electrons. The first kappa shape index (κ1) is 23.3. The third-order valence-corrected chi connectivity index (χ3v) is 7.14. The summed E-state index contributed by atoms with van der Waals surface area (Å²) in [5.41, 5.74) is 3.94. The number of fused-ring (bicyclic) bond motifs is 1. The molecule has 3 aliphatic heterocycles. The van der Waals surface area contributed by atoms with Gasteiger partial charge in [0, 0.05) is 71.0 Å². The summed E-state index contributed by atoms with van der Waals surface area (Å²) < 4.78 is 15.1. The van der Waals surface area contributed by atoms with Crippen LogP contribution in [0.3, 0.4) is 0 Å². The van der Waals surface area contributed by atoms with Crippen LogP contribution in [0.1, 0.15) is 34.3 Å². The van der Waals surface area contributed by atoms with E-state index in [-0.39, 0.29) is 24.8 Å². The van der Waals surface area contributed by atoms with Crippen molar-refractivity contribution in [3.8, 4) is 0 Å². The molecular formula is C26H30FN5O3. The van der Waals surface area contributed by atoms with E-state index in [2.05, 4.69) is 39.4 Å². The van der Waals surface area contributed by atoms with Gasteiger partial charge in [0.15, 0.2) is 0 Å². The summed E-state index contributed by atoms with van der Waals surface area (Å²) >= 11 is 0. The number of piperazine rings is 1. The number of anilines is 2. The molecule has 3 heterocycles. The molecule has 8 nitrogen and oxygen atoms in total. The van der Waals surface area contributed by atoms with E-state index in [0.29, 0.717) is 30.8 Å². The molecule has 2 aromatic rings. The van der Waals surface area contributed by atoms with Gasteiger partial charge in [-0.1, -0.05) is 12.1 Å². The van der Waals surface area contributed by atoms with Crippen LogP contribution in [-0.4, -0.2) is 73.8 Å². The summed E-state index contributed by atoms with van der Waals surface area (Å²) in [6, 6.07) is 10.8. The summed E-state index contributed by atoms with van der Waals surface area (Å²) in [6.45, 7) is 4.09. The lowest BCUT2D eigenvalue weighted by Gasteiger charge is -2.36. The van der Waals surface area contributed by atoms with Crippen molar-refractivity contribution >= 4 is 29.1 Å².